The number of imidazole rings is 1. The van der Waals surface area contributed by atoms with Crippen molar-refractivity contribution >= 4 is 11.3 Å². The van der Waals surface area contributed by atoms with Crippen molar-refractivity contribution in [2.45, 2.75) is 6.54 Å². The van der Waals surface area contributed by atoms with Crippen molar-refractivity contribution in [3.05, 3.63) is 66.7 Å². The van der Waals surface area contributed by atoms with E-state index in [-0.39, 0.29) is 0 Å². The molecule has 3 heterocycles. The van der Waals surface area contributed by atoms with Crippen LogP contribution in [0.5, 0.6) is 0 Å². The molecule has 0 spiro atoms. The molecule has 0 fully saturated rings. The maximum atomic E-state index is 4.40. The molecule has 0 amide bonds. The maximum absolute atomic E-state index is 4.40. The number of aromatic nitrogens is 5. The molecule has 3 aromatic heterocycles. The van der Waals surface area contributed by atoms with Crippen LogP contribution in [0.2, 0.25) is 0 Å². The third-order valence-electron chi connectivity index (χ3n) is 3.73. The van der Waals surface area contributed by atoms with E-state index in [2.05, 4.69) is 31.1 Å². The highest BCUT2D eigenvalue weighted by Crippen LogP contribution is 2.20. The molecule has 0 saturated carbocycles. The predicted octanol–water partition coefficient (Wildman–Crippen LogP) is 2.74. The summed E-state index contributed by atoms with van der Waals surface area (Å²) in [4.78, 5) is 4.40. The molecular weight excluding hydrogens is 288 g/mol. The average molecular weight is 304 g/mol. The zero-order chi connectivity index (χ0) is 15.6. The van der Waals surface area contributed by atoms with Crippen molar-refractivity contribution in [3.63, 3.8) is 0 Å². The van der Waals surface area contributed by atoms with E-state index in [1.807, 2.05) is 62.0 Å². The van der Waals surface area contributed by atoms with Crippen LogP contribution in [-0.4, -0.2) is 24.4 Å². The quantitative estimate of drug-likeness (QED) is 0.630. The van der Waals surface area contributed by atoms with Crippen molar-refractivity contribution in [2.24, 2.45) is 7.05 Å². The van der Waals surface area contributed by atoms with Crippen molar-refractivity contribution in [2.75, 3.05) is 5.32 Å². The standard InChI is InChI=1S/C17H16N6/c1-22-12-16(20-21-22)13-5-4-6-14(9-13)18-10-15-11-19-17-7-2-3-8-23(15)17/h2-9,11-12,18H,10H2,1H3. The summed E-state index contributed by atoms with van der Waals surface area (Å²) in [6.07, 6.45) is 5.83. The summed E-state index contributed by atoms with van der Waals surface area (Å²) in [7, 11) is 1.86. The minimum Gasteiger partial charge on any atom is -0.379 e. The number of nitrogens with zero attached hydrogens (tertiary/aromatic N) is 5. The summed E-state index contributed by atoms with van der Waals surface area (Å²) >= 11 is 0. The second kappa shape index (κ2) is 5.57. The normalized spacial score (nSPS) is 11.0. The fourth-order valence-corrected chi connectivity index (χ4v) is 2.58. The lowest BCUT2D eigenvalue weighted by atomic mass is 10.1. The lowest BCUT2D eigenvalue weighted by molar-refractivity contribution is 0.715. The Morgan fingerprint density at radius 1 is 1.13 bits per heavy atom. The summed E-state index contributed by atoms with van der Waals surface area (Å²) in [5.41, 5.74) is 5.02. The molecule has 23 heavy (non-hydrogen) atoms. The maximum Gasteiger partial charge on any atom is 0.136 e. The van der Waals surface area contributed by atoms with Gasteiger partial charge in [0, 0.05) is 24.5 Å². The molecule has 114 valence electrons. The predicted molar refractivity (Wildman–Crippen MR) is 89.0 cm³/mol. The summed E-state index contributed by atoms with van der Waals surface area (Å²) < 4.78 is 3.79. The van der Waals surface area contributed by atoms with E-state index in [1.54, 1.807) is 4.68 Å². The Labute approximate surface area is 133 Å². The van der Waals surface area contributed by atoms with Gasteiger partial charge in [0.25, 0.3) is 0 Å². The first kappa shape index (κ1) is 13.5. The number of aryl methyl sites for hydroxylation is 1. The molecule has 6 nitrogen and oxygen atoms in total. The Hall–Kier alpha value is -3.15. The van der Waals surface area contributed by atoms with Gasteiger partial charge in [-0.15, -0.1) is 5.10 Å². The fraction of sp³-hybridized carbons (Fsp3) is 0.118. The lowest BCUT2D eigenvalue weighted by Gasteiger charge is -2.07. The van der Waals surface area contributed by atoms with E-state index in [0.717, 1.165) is 28.3 Å². The topological polar surface area (TPSA) is 60.0 Å². The van der Waals surface area contributed by atoms with Gasteiger partial charge in [0.2, 0.25) is 0 Å². The fourth-order valence-electron chi connectivity index (χ4n) is 2.58. The number of rotatable bonds is 4. The zero-order valence-electron chi connectivity index (χ0n) is 12.7. The monoisotopic (exact) mass is 304 g/mol. The highest BCUT2D eigenvalue weighted by atomic mass is 15.4. The average Bonchev–Trinajstić information content (AvgIpc) is 3.20. The second-order valence-corrected chi connectivity index (χ2v) is 5.39. The number of hydrogen-bond donors (Lipinski definition) is 1. The summed E-state index contributed by atoms with van der Waals surface area (Å²) in [6, 6.07) is 14.2. The highest BCUT2D eigenvalue weighted by Gasteiger charge is 2.05. The molecule has 4 aromatic rings. The minimum atomic E-state index is 0.703. The van der Waals surface area contributed by atoms with E-state index < -0.39 is 0 Å². The SMILES string of the molecule is Cn1cc(-c2cccc(NCc3cnc4ccccn34)c2)nn1. The van der Waals surface area contributed by atoms with Crippen molar-refractivity contribution in [1.29, 1.82) is 0 Å². The van der Waals surface area contributed by atoms with Crippen LogP contribution < -0.4 is 5.32 Å². The van der Waals surface area contributed by atoms with Gasteiger partial charge >= 0.3 is 0 Å². The van der Waals surface area contributed by atoms with Crippen molar-refractivity contribution in [3.8, 4) is 11.3 Å². The summed E-state index contributed by atoms with van der Waals surface area (Å²) in [5.74, 6) is 0. The van der Waals surface area contributed by atoms with Gasteiger partial charge in [-0.3, -0.25) is 4.68 Å². The van der Waals surface area contributed by atoms with Crippen LogP contribution in [0.1, 0.15) is 5.69 Å². The van der Waals surface area contributed by atoms with Gasteiger partial charge in [-0.2, -0.15) is 0 Å². The zero-order valence-corrected chi connectivity index (χ0v) is 12.7. The molecule has 0 aliphatic heterocycles. The third kappa shape index (κ3) is 2.66. The minimum absolute atomic E-state index is 0.703. The van der Waals surface area contributed by atoms with Crippen molar-refractivity contribution in [1.82, 2.24) is 24.4 Å². The van der Waals surface area contributed by atoms with E-state index >= 15 is 0 Å². The van der Waals surface area contributed by atoms with Gasteiger partial charge in [-0.25, -0.2) is 4.98 Å². The van der Waals surface area contributed by atoms with Crippen LogP contribution in [0.15, 0.2) is 61.1 Å². The Morgan fingerprint density at radius 3 is 2.96 bits per heavy atom. The Kier molecular flexibility index (Phi) is 3.27. The Balaban J connectivity index is 1.55. The van der Waals surface area contributed by atoms with Crippen molar-refractivity contribution < 1.29 is 0 Å². The largest absolute Gasteiger partial charge is 0.379 e. The van der Waals surface area contributed by atoms with Crippen LogP contribution >= 0.6 is 0 Å². The lowest BCUT2D eigenvalue weighted by Crippen LogP contribution is -2.02. The van der Waals surface area contributed by atoms with Gasteiger partial charge < -0.3 is 9.72 Å². The molecule has 0 unspecified atom stereocenters. The van der Waals surface area contributed by atoms with E-state index in [4.69, 9.17) is 0 Å². The van der Waals surface area contributed by atoms with Crippen LogP contribution in [0.4, 0.5) is 5.69 Å². The van der Waals surface area contributed by atoms with Crippen LogP contribution in [-0.2, 0) is 13.6 Å². The summed E-state index contributed by atoms with van der Waals surface area (Å²) in [5, 5.41) is 11.6. The molecule has 4 rings (SSSR count). The van der Waals surface area contributed by atoms with Gasteiger partial charge in [0.05, 0.1) is 24.6 Å². The van der Waals surface area contributed by atoms with Crippen LogP contribution in [0, 0.1) is 0 Å². The number of anilines is 1. The van der Waals surface area contributed by atoms with Crippen LogP contribution in [0.25, 0.3) is 16.9 Å². The first-order valence-electron chi connectivity index (χ1n) is 7.41. The molecule has 0 radical (unpaired) electrons. The molecule has 6 heteroatoms. The molecular formula is C17H16N6. The number of nitrogens with one attached hydrogen (secondary N) is 1. The Bertz CT molecular complexity index is 952. The molecule has 0 aliphatic carbocycles. The molecule has 0 saturated heterocycles. The summed E-state index contributed by atoms with van der Waals surface area (Å²) in [6.45, 7) is 0.703. The molecule has 1 N–H and O–H groups in total. The number of pyridine rings is 1. The van der Waals surface area contributed by atoms with Gasteiger partial charge in [0.15, 0.2) is 0 Å². The number of benzene rings is 1. The van der Waals surface area contributed by atoms with E-state index in [0.29, 0.717) is 6.54 Å². The highest BCUT2D eigenvalue weighted by molar-refractivity contribution is 5.64. The Morgan fingerprint density at radius 2 is 2.09 bits per heavy atom. The van der Waals surface area contributed by atoms with Gasteiger partial charge in [-0.1, -0.05) is 23.4 Å². The van der Waals surface area contributed by atoms with Gasteiger partial charge in [0.1, 0.15) is 11.3 Å². The smallest absolute Gasteiger partial charge is 0.136 e. The third-order valence-corrected chi connectivity index (χ3v) is 3.73. The first-order chi connectivity index (χ1) is 11.3. The molecule has 0 bridgehead atoms. The first-order valence-corrected chi connectivity index (χ1v) is 7.41. The molecule has 1 aromatic carbocycles. The number of hydrogen-bond acceptors (Lipinski definition) is 4. The van der Waals surface area contributed by atoms with E-state index in [9.17, 15) is 0 Å². The molecule has 0 aliphatic rings. The van der Waals surface area contributed by atoms with Gasteiger partial charge in [-0.05, 0) is 24.3 Å². The molecule has 0 atom stereocenters. The van der Waals surface area contributed by atoms with E-state index in [1.165, 1.54) is 0 Å². The van der Waals surface area contributed by atoms with Crippen LogP contribution in [0.3, 0.4) is 0 Å². The second-order valence-electron chi connectivity index (χ2n) is 5.39. The number of fused-ring (bicyclic) bond motifs is 1.